The Bertz CT molecular complexity index is 1740. The van der Waals surface area contributed by atoms with Gasteiger partial charge < -0.3 is 13.7 Å². The molecule has 0 aliphatic rings. The summed E-state index contributed by atoms with van der Waals surface area (Å²) < 4.78 is 108. The molecule has 0 N–H and O–H groups in total. The van der Waals surface area contributed by atoms with E-state index < -0.39 is 52.3 Å². The largest absolute Gasteiger partial charge is 1.00 e. The van der Waals surface area contributed by atoms with Crippen LogP contribution >= 0.6 is 7.26 Å². The van der Waals surface area contributed by atoms with Gasteiger partial charge in [-0.1, -0.05) is 54.6 Å². The van der Waals surface area contributed by atoms with Crippen LogP contribution in [0.4, 0.5) is 0 Å². The molecule has 4 rings (SSSR count). The van der Waals surface area contributed by atoms with Gasteiger partial charge in [0.15, 0.2) is 0 Å². The van der Waals surface area contributed by atoms with E-state index in [1.165, 1.54) is 36.4 Å². The molecule has 0 spiro atoms. The molecule has 0 amide bonds. The SMILES string of the molecule is O=S(=O)([O-])c1cccc([P+](C/C=C/c2ccccc2)(c2cccc(S(=O)(=O)[O-])c2)c2cccc(S(=O)(=O)[O-])c2)c1.[Na+].[Na+].[Na+]. The van der Waals surface area contributed by atoms with Crippen LogP contribution in [0.3, 0.4) is 0 Å². The van der Waals surface area contributed by atoms with Gasteiger partial charge in [-0.15, -0.1) is 0 Å². The second kappa shape index (κ2) is 16.6. The van der Waals surface area contributed by atoms with E-state index in [1.54, 1.807) is 12.2 Å². The van der Waals surface area contributed by atoms with Crippen LogP contribution < -0.4 is 105 Å². The maximum Gasteiger partial charge on any atom is 1.00 e. The molecule has 4 aromatic rings. The Hall–Kier alpha value is -0.220. The van der Waals surface area contributed by atoms with Gasteiger partial charge in [0.25, 0.3) is 0 Å². The van der Waals surface area contributed by atoms with Crippen LogP contribution in [0.15, 0.2) is 124 Å². The van der Waals surface area contributed by atoms with Crippen LogP contribution in [0, 0.1) is 0 Å². The first-order valence-corrected chi connectivity index (χ1v) is 17.7. The van der Waals surface area contributed by atoms with Crippen molar-refractivity contribution in [1.29, 1.82) is 0 Å². The molecular weight excluding hydrogens is 664 g/mol. The van der Waals surface area contributed by atoms with Crippen molar-refractivity contribution in [3.8, 4) is 0 Å². The average molecular weight is 686 g/mol. The molecule has 9 nitrogen and oxygen atoms in total. The molecule has 0 radical (unpaired) electrons. The van der Waals surface area contributed by atoms with Crippen molar-refractivity contribution in [2.75, 3.05) is 6.16 Å². The Kier molecular flexibility index (Phi) is 15.7. The summed E-state index contributed by atoms with van der Waals surface area (Å²) in [7, 11) is -18.0. The molecule has 16 heteroatoms. The normalized spacial score (nSPS) is 12.1. The molecule has 43 heavy (non-hydrogen) atoms. The van der Waals surface area contributed by atoms with Crippen molar-refractivity contribution in [2.24, 2.45) is 0 Å². The van der Waals surface area contributed by atoms with E-state index in [0.717, 1.165) is 42.0 Å². The van der Waals surface area contributed by atoms with Crippen LogP contribution in [0.5, 0.6) is 0 Å². The van der Waals surface area contributed by atoms with E-state index >= 15 is 0 Å². The fourth-order valence-electron chi connectivity index (χ4n) is 4.30. The number of allylic oxidation sites excluding steroid dienone is 1. The van der Waals surface area contributed by atoms with E-state index in [-0.39, 0.29) is 111 Å². The van der Waals surface area contributed by atoms with Crippen molar-refractivity contribution in [3.05, 3.63) is 115 Å². The van der Waals surface area contributed by atoms with Gasteiger partial charge in [0, 0.05) is 0 Å². The molecule has 0 saturated carbocycles. The van der Waals surface area contributed by atoms with Gasteiger partial charge in [0.2, 0.25) is 0 Å². The molecular formula is C27H21Na3O9PS3+. The molecule has 208 valence electrons. The zero-order valence-electron chi connectivity index (χ0n) is 23.5. The molecule has 0 heterocycles. The predicted molar refractivity (Wildman–Crippen MR) is 149 cm³/mol. The maximum absolute atomic E-state index is 12.0. The van der Waals surface area contributed by atoms with Crippen molar-refractivity contribution < 1.29 is 128 Å². The number of benzene rings is 4. The Morgan fingerprint density at radius 2 is 0.860 bits per heavy atom. The summed E-state index contributed by atoms with van der Waals surface area (Å²) in [6, 6.07) is 24.6. The topological polar surface area (TPSA) is 172 Å². The third-order valence-electron chi connectivity index (χ3n) is 6.13. The smallest absolute Gasteiger partial charge is 0.744 e. The van der Waals surface area contributed by atoms with Crippen LogP contribution in [0.1, 0.15) is 5.56 Å². The minimum Gasteiger partial charge on any atom is -0.744 e. The summed E-state index contributed by atoms with van der Waals surface area (Å²) in [6.45, 7) is 0. The second-order valence-electron chi connectivity index (χ2n) is 8.66. The van der Waals surface area contributed by atoms with E-state index in [9.17, 15) is 38.9 Å². The van der Waals surface area contributed by atoms with Gasteiger partial charge in [-0.2, -0.15) is 0 Å². The summed E-state index contributed by atoms with van der Waals surface area (Å²) in [6.07, 6.45) is 3.60. The monoisotopic (exact) mass is 685 g/mol. The van der Waals surface area contributed by atoms with E-state index in [0.29, 0.717) is 0 Å². The summed E-state index contributed by atoms with van der Waals surface area (Å²) in [5, 5.41) is 0.842. The Morgan fingerprint density at radius 3 is 1.19 bits per heavy atom. The van der Waals surface area contributed by atoms with E-state index in [1.807, 2.05) is 30.3 Å². The molecule has 0 aliphatic heterocycles. The molecule has 0 unspecified atom stereocenters. The van der Waals surface area contributed by atoms with Gasteiger partial charge in [0.1, 0.15) is 53.5 Å². The third kappa shape index (κ3) is 10.1. The molecule has 0 fully saturated rings. The van der Waals surface area contributed by atoms with Crippen molar-refractivity contribution in [1.82, 2.24) is 0 Å². The molecule has 0 aromatic heterocycles. The molecule has 0 atom stereocenters. The summed E-state index contributed by atoms with van der Waals surface area (Å²) in [4.78, 5) is -1.66. The van der Waals surface area contributed by atoms with E-state index in [4.69, 9.17) is 0 Å². The Balaban J connectivity index is 0.00000308. The summed E-state index contributed by atoms with van der Waals surface area (Å²) in [5.74, 6) is 0. The Morgan fingerprint density at radius 1 is 0.512 bits per heavy atom. The van der Waals surface area contributed by atoms with Gasteiger partial charge in [0.05, 0.1) is 20.8 Å². The van der Waals surface area contributed by atoms with Gasteiger partial charge in [-0.05, 0) is 66.2 Å². The molecule has 0 saturated heterocycles. The zero-order chi connectivity index (χ0) is 29.2. The predicted octanol–water partition coefficient (Wildman–Crippen LogP) is -6.58. The minimum absolute atomic E-state index is 0. The first kappa shape index (κ1) is 40.8. The first-order valence-electron chi connectivity index (χ1n) is 11.5. The third-order valence-corrected chi connectivity index (χ3v) is 12.9. The van der Waals surface area contributed by atoms with Crippen LogP contribution in [0.2, 0.25) is 0 Å². The molecule has 0 bridgehead atoms. The minimum atomic E-state index is -4.92. The number of hydrogen-bond acceptors (Lipinski definition) is 9. The van der Waals surface area contributed by atoms with Crippen LogP contribution in [0.25, 0.3) is 6.08 Å². The quantitative estimate of drug-likeness (QED) is 0.0944. The average Bonchev–Trinajstić information content (AvgIpc) is 2.91. The van der Waals surface area contributed by atoms with Crippen LogP contribution in [-0.4, -0.2) is 45.1 Å². The van der Waals surface area contributed by atoms with Crippen LogP contribution in [-0.2, 0) is 30.4 Å². The Labute approximate surface area is 318 Å². The zero-order valence-corrected chi connectivity index (χ0v) is 32.9. The van der Waals surface area contributed by atoms with Crippen molar-refractivity contribution in [3.63, 3.8) is 0 Å². The number of hydrogen-bond donors (Lipinski definition) is 0. The fraction of sp³-hybridized carbons (Fsp3) is 0.0370. The second-order valence-corrected chi connectivity index (χ2v) is 16.3. The van der Waals surface area contributed by atoms with Crippen molar-refractivity contribution in [2.45, 2.75) is 14.7 Å². The summed E-state index contributed by atoms with van der Waals surface area (Å²) in [5.41, 5.74) is 0.809. The van der Waals surface area contributed by atoms with Gasteiger partial charge in [-0.25, -0.2) is 25.3 Å². The van der Waals surface area contributed by atoms with Gasteiger partial charge >= 0.3 is 88.7 Å². The summed E-state index contributed by atoms with van der Waals surface area (Å²) >= 11 is 0. The fourth-order valence-corrected chi connectivity index (χ4v) is 10.2. The van der Waals surface area contributed by atoms with Crippen molar-refractivity contribution >= 4 is 59.6 Å². The molecule has 0 aliphatic carbocycles. The van der Waals surface area contributed by atoms with E-state index in [2.05, 4.69) is 0 Å². The first-order chi connectivity index (χ1) is 18.7. The standard InChI is InChI=1S/C27H23O9PS3.3Na/c28-38(29,30)25-14-4-11-22(18-25)37(17-7-10-21-8-2-1-3-9-21,23-12-5-15-26(19-23)39(31,32)33)24-13-6-16-27(20-24)40(34,35)36;;;/h1-16,18-20H,17H2,(H2-,28,29,30,31,32,33,34,35,36);;;/q;3*+1/p-2/b10-7+;;;. The van der Waals surface area contributed by atoms with Gasteiger partial charge in [-0.3, -0.25) is 0 Å². The maximum atomic E-state index is 12.0. The molecule has 4 aromatic carbocycles. The number of rotatable bonds is 9.